The standard InChI is InChI=1S/C15H10Cl2N2O5/c16-12-6-2-5-11(14(12)17)15(21)24-8-13(20)18-9-3-1-4-10(7-9)19(22)23/h1-7H,8H2,(H,18,20). The fourth-order valence-corrected chi connectivity index (χ4v) is 2.14. The molecule has 0 radical (unpaired) electrons. The predicted molar refractivity (Wildman–Crippen MR) is 88.5 cm³/mol. The number of benzene rings is 2. The number of halogens is 2. The Kier molecular flexibility index (Phi) is 5.73. The highest BCUT2D eigenvalue weighted by Crippen LogP contribution is 2.26. The Morgan fingerprint density at radius 1 is 1.17 bits per heavy atom. The number of anilines is 1. The van der Waals surface area contributed by atoms with Gasteiger partial charge in [-0.3, -0.25) is 14.9 Å². The van der Waals surface area contributed by atoms with Crippen LogP contribution in [0.25, 0.3) is 0 Å². The summed E-state index contributed by atoms with van der Waals surface area (Å²) >= 11 is 11.7. The zero-order valence-corrected chi connectivity index (χ0v) is 13.5. The minimum atomic E-state index is -0.809. The molecule has 0 saturated carbocycles. The molecule has 1 N–H and O–H groups in total. The van der Waals surface area contributed by atoms with E-state index in [-0.39, 0.29) is 27.0 Å². The first-order chi connectivity index (χ1) is 11.4. The van der Waals surface area contributed by atoms with E-state index in [0.29, 0.717) is 0 Å². The topological polar surface area (TPSA) is 98.5 Å². The van der Waals surface area contributed by atoms with Gasteiger partial charge >= 0.3 is 5.97 Å². The van der Waals surface area contributed by atoms with Gasteiger partial charge in [0.2, 0.25) is 0 Å². The number of nitro groups is 1. The lowest BCUT2D eigenvalue weighted by molar-refractivity contribution is -0.384. The number of rotatable bonds is 5. The quantitative estimate of drug-likeness (QED) is 0.492. The van der Waals surface area contributed by atoms with Crippen LogP contribution in [0, 0.1) is 10.1 Å². The van der Waals surface area contributed by atoms with Gasteiger partial charge in [0.25, 0.3) is 11.6 Å². The lowest BCUT2D eigenvalue weighted by Gasteiger charge is -2.08. The summed E-state index contributed by atoms with van der Waals surface area (Å²) in [6, 6.07) is 9.81. The third kappa shape index (κ3) is 4.43. The average Bonchev–Trinajstić information content (AvgIpc) is 2.55. The molecule has 7 nitrogen and oxygen atoms in total. The third-order valence-corrected chi connectivity index (χ3v) is 3.67. The van der Waals surface area contributed by atoms with Crippen molar-refractivity contribution in [3.05, 3.63) is 68.2 Å². The zero-order chi connectivity index (χ0) is 17.7. The molecular formula is C15H10Cl2N2O5. The molecule has 0 aromatic heterocycles. The monoisotopic (exact) mass is 368 g/mol. The van der Waals surface area contributed by atoms with Crippen molar-refractivity contribution < 1.29 is 19.2 Å². The molecule has 0 aliphatic carbocycles. The van der Waals surface area contributed by atoms with Gasteiger partial charge in [-0.15, -0.1) is 0 Å². The fourth-order valence-electron chi connectivity index (χ4n) is 1.76. The van der Waals surface area contributed by atoms with E-state index in [1.54, 1.807) is 0 Å². The van der Waals surface area contributed by atoms with Crippen LogP contribution in [0.1, 0.15) is 10.4 Å². The van der Waals surface area contributed by atoms with Gasteiger partial charge in [-0.2, -0.15) is 0 Å². The Morgan fingerprint density at radius 2 is 1.88 bits per heavy atom. The van der Waals surface area contributed by atoms with Crippen LogP contribution in [0.15, 0.2) is 42.5 Å². The Hall–Kier alpha value is -2.64. The van der Waals surface area contributed by atoms with E-state index in [1.165, 1.54) is 42.5 Å². The highest BCUT2D eigenvalue weighted by Gasteiger charge is 2.16. The molecule has 2 aromatic rings. The number of nitrogens with zero attached hydrogens (tertiary/aromatic N) is 1. The summed E-state index contributed by atoms with van der Waals surface area (Å²) in [7, 11) is 0. The molecule has 124 valence electrons. The van der Waals surface area contributed by atoms with E-state index >= 15 is 0 Å². The van der Waals surface area contributed by atoms with E-state index in [1.807, 2.05) is 0 Å². The van der Waals surface area contributed by atoms with E-state index in [2.05, 4.69) is 5.32 Å². The molecule has 24 heavy (non-hydrogen) atoms. The number of nitro benzene ring substituents is 1. The van der Waals surface area contributed by atoms with Crippen LogP contribution in [0.3, 0.4) is 0 Å². The first-order valence-corrected chi connectivity index (χ1v) is 7.29. The van der Waals surface area contributed by atoms with Crippen molar-refractivity contribution in [3.8, 4) is 0 Å². The Labute approximate surface area is 146 Å². The summed E-state index contributed by atoms with van der Waals surface area (Å²) in [5.74, 6) is -1.46. The van der Waals surface area contributed by atoms with Gasteiger partial charge in [0, 0.05) is 17.8 Å². The Bertz CT molecular complexity index is 810. The van der Waals surface area contributed by atoms with Gasteiger partial charge in [0.15, 0.2) is 6.61 Å². The number of hydrogen-bond donors (Lipinski definition) is 1. The normalized spacial score (nSPS) is 10.1. The van der Waals surface area contributed by atoms with Crippen LogP contribution in [0.4, 0.5) is 11.4 Å². The summed E-state index contributed by atoms with van der Waals surface area (Å²) in [5.41, 5.74) is 0.0776. The van der Waals surface area contributed by atoms with Crippen LogP contribution in [-0.4, -0.2) is 23.4 Å². The molecule has 9 heteroatoms. The van der Waals surface area contributed by atoms with Gasteiger partial charge in [-0.25, -0.2) is 4.79 Å². The van der Waals surface area contributed by atoms with Crippen molar-refractivity contribution in [1.82, 2.24) is 0 Å². The molecule has 0 bridgehead atoms. The molecule has 0 fully saturated rings. The number of esters is 1. The van der Waals surface area contributed by atoms with Crippen molar-refractivity contribution >= 4 is 46.5 Å². The maximum absolute atomic E-state index is 11.9. The predicted octanol–water partition coefficient (Wildman–Crippen LogP) is 3.70. The fraction of sp³-hybridized carbons (Fsp3) is 0.0667. The van der Waals surface area contributed by atoms with Crippen molar-refractivity contribution in [1.29, 1.82) is 0 Å². The second-order valence-corrected chi connectivity index (χ2v) is 5.32. The van der Waals surface area contributed by atoms with Gasteiger partial charge in [0.05, 0.1) is 20.5 Å². The van der Waals surface area contributed by atoms with Crippen molar-refractivity contribution in [2.24, 2.45) is 0 Å². The number of ether oxygens (including phenoxy) is 1. The van der Waals surface area contributed by atoms with Crippen molar-refractivity contribution in [3.63, 3.8) is 0 Å². The van der Waals surface area contributed by atoms with Crippen molar-refractivity contribution in [2.75, 3.05) is 11.9 Å². The smallest absolute Gasteiger partial charge is 0.340 e. The van der Waals surface area contributed by atoms with Gasteiger partial charge < -0.3 is 10.1 Å². The molecule has 0 aliphatic rings. The van der Waals surface area contributed by atoms with Gasteiger partial charge in [-0.1, -0.05) is 35.3 Å². The summed E-state index contributed by atoms with van der Waals surface area (Å²) in [6.07, 6.45) is 0. The molecule has 2 rings (SSSR count). The number of nitrogens with one attached hydrogen (secondary N) is 1. The number of carbonyl (C=O) groups excluding carboxylic acids is 2. The SMILES string of the molecule is O=C(COC(=O)c1cccc(Cl)c1Cl)Nc1cccc([N+](=O)[O-])c1. The molecular weight excluding hydrogens is 359 g/mol. The average molecular weight is 369 g/mol. The molecule has 1 amide bonds. The molecule has 2 aromatic carbocycles. The third-order valence-electron chi connectivity index (χ3n) is 2.85. The lowest BCUT2D eigenvalue weighted by atomic mass is 10.2. The summed E-state index contributed by atoms with van der Waals surface area (Å²) < 4.78 is 4.85. The first-order valence-electron chi connectivity index (χ1n) is 6.54. The van der Waals surface area contributed by atoms with E-state index in [9.17, 15) is 19.7 Å². The van der Waals surface area contributed by atoms with Crippen LogP contribution in [0.2, 0.25) is 10.0 Å². The molecule has 0 aliphatic heterocycles. The van der Waals surface area contributed by atoms with E-state index < -0.39 is 23.4 Å². The second kappa shape index (κ2) is 7.76. The molecule has 0 atom stereocenters. The van der Waals surface area contributed by atoms with Crippen LogP contribution in [-0.2, 0) is 9.53 Å². The number of amides is 1. The second-order valence-electron chi connectivity index (χ2n) is 4.53. The molecule has 0 spiro atoms. The highest BCUT2D eigenvalue weighted by atomic mass is 35.5. The molecule has 0 unspecified atom stereocenters. The first kappa shape index (κ1) is 17.7. The molecule has 0 heterocycles. The van der Waals surface area contributed by atoms with E-state index in [4.69, 9.17) is 27.9 Å². The maximum Gasteiger partial charge on any atom is 0.340 e. The van der Waals surface area contributed by atoms with Crippen LogP contribution >= 0.6 is 23.2 Å². The van der Waals surface area contributed by atoms with Crippen LogP contribution < -0.4 is 5.32 Å². The van der Waals surface area contributed by atoms with E-state index in [0.717, 1.165) is 0 Å². The number of carbonyl (C=O) groups is 2. The Morgan fingerprint density at radius 3 is 2.58 bits per heavy atom. The largest absolute Gasteiger partial charge is 0.452 e. The summed E-state index contributed by atoms with van der Waals surface area (Å²) in [5, 5.41) is 13.3. The number of hydrogen-bond acceptors (Lipinski definition) is 5. The van der Waals surface area contributed by atoms with Crippen LogP contribution in [0.5, 0.6) is 0 Å². The number of non-ortho nitro benzene ring substituents is 1. The minimum absolute atomic E-state index is 0.0308. The molecule has 0 saturated heterocycles. The Balaban J connectivity index is 1.96. The zero-order valence-electron chi connectivity index (χ0n) is 12.0. The van der Waals surface area contributed by atoms with Gasteiger partial charge in [0.1, 0.15) is 0 Å². The summed E-state index contributed by atoms with van der Waals surface area (Å²) in [4.78, 5) is 33.7. The highest BCUT2D eigenvalue weighted by molar-refractivity contribution is 6.43. The van der Waals surface area contributed by atoms with Crippen molar-refractivity contribution in [2.45, 2.75) is 0 Å². The summed E-state index contributed by atoms with van der Waals surface area (Å²) in [6.45, 7) is -0.579. The lowest BCUT2D eigenvalue weighted by Crippen LogP contribution is -2.21. The minimum Gasteiger partial charge on any atom is -0.452 e. The van der Waals surface area contributed by atoms with Gasteiger partial charge in [-0.05, 0) is 18.2 Å². The maximum atomic E-state index is 11.9.